The third-order valence-corrected chi connectivity index (χ3v) is 3.55. The Hall–Kier alpha value is -1.36. The lowest BCUT2D eigenvalue weighted by molar-refractivity contribution is -0.142. The zero-order valence-corrected chi connectivity index (χ0v) is 9.84. The van der Waals surface area contributed by atoms with Gasteiger partial charge in [0.15, 0.2) is 0 Å². The van der Waals surface area contributed by atoms with E-state index >= 15 is 0 Å². The number of nitrogens with one attached hydrogen (secondary N) is 1. The summed E-state index contributed by atoms with van der Waals surface area (Å²) in [6.07, 6.45) is 0. The molecule has 1 unspecified atom stereocenters. The second-order valence-electron chi connectivity index (χ2n) is 3.50. The lowest BCUT2D eigenvalue weighted by Crippen LogP contribution is -2.30. The number of hydrogen-bond donors (Lipinski definition) is 2. The molecule has 16 heavy (non-hydrogen) atoms. The van der Waals surface area contributed by atoms with Crippen LogP contribution in [0.1, 0.15) is 6.92 Å². The van der Waals surface area contributed by atoms with E-state index in [0.717, 1.165) is 16.3 Å². The van der Waals surface area contributed by atoms with E-state index in [2.05, 4.69) is 5.32 Å². The number of ether oxygens (including phenoxy) is 1. The minimum absolute atomic E-state index is 0.164. The number of anilines is 2. The SMILES string of the molecule is CCOC(=O)C1CNc2cc(N)ccc2S1. The number of thioether (sulfide) groups is 1. The molecule has 0 saturated carbocycles. The fraction of sp³-hybridized carbons (Fsp3) is 0.364. The standard InChI is InChI=1S/C11H14N2O2S/c1-2-15-11(14)10-6-13-8-5-7(12)3-4-9(8)16-10/h3-5,10,13H,2,6,12H2,1H3. The topological polar surface area (TPSA) is 64.3 Å². The summed E-state index contributed by atoms with van der Waals surface area (Å²) in [4.78, 5) is 12.6. The molecule has 1 aromatic rings. The van der Waals surface area contributed by atoms with E-state index < -0.39 is 0 Å². The van der Waals surface area contributed by atoms with Gasteiger partial charge in [0.2, 0.25) is 0 Å². The maximum atomic E-state index is 11.6. The van der Waals surface area contributed by atoms with Crippen LogP contribution in [-0.4, -0.2) is 24.4 Å². The number of benzene rings is 1. The zero-order valence-electron chi connectivity index (χ0n) is 9.03. The van der Waals surface area contributed by atoms with E-state index in [9.17, 15) is 4.79 Å². The molecule has 5 heteroatoms. The first kappa shape index (κ1) is 11.1. The van der Waals surface area contributed by atoms with Crippen molar-refractivity contribution in [3.8, 4) is 0 Å². The van der Waals surface area contributed by atoms with E-state index in [4.69, 9.17) is 10.5 Å². The maximum absolute atomic E-state index is 11.6. The number of nitrogen functional groups attached to an aromatic ring is 1. The highest BCUT2D eigenvalue weighted by Crippen LogP contribution is 2.36. The molecule has 0 spiro atoms. The largest absolute Gasteiger partial charge is 0.465 e. The van der Waals surface area contributed by atoms with E-state index in [0.29, 0.717) is 13.2 Å². The number of hydrogen-bond acceptors (Lipinski definition) is 5. The third-order valence-electron chi connectivity index (χ3n) is 2.30. The van der Waals surface area contributed by atoms with Crippen LogP contribution in [0.5, 0.6) is 0 Å². The molecule has 1 atom stereocenters. The average molecular weight is 238 g/mol. The van der Waals surface area contributed by atoms with Gasteiger partial charge in [0.1, 0.15) is 5.25 Å². The monoisotopic (exact) mass is 238 g/mol. The van der Waals surface area contributed by atoms with Crippen LogP contribution in [0.15, 0.2) is 23.1 Å². The van der Waals surface area contributed by atoms with Crippen LogP contribution < -0.4 is 11.1 Å². The summed E-state index contributed by atoms with van der Waals surface area (Å²) in [6, 6.07) is 5.64. The Morgan fingerprint density at radius 3 is 3.25 bits per heavy atom. The van der Waals surface area contributed by atoms with Crippen molar-refractivity contribution in [1.82, 2.24) is 0 Å². The van der Waals surface area contributed by atoms with Gasteiger partial charge in [0.25, 0.3) is 0 Å². The van der Waals surface area contributed by atoms with Crippen molar-refractivity contribution in [2.75, 3.05) is 24.2 Å². The quantitative estimate of drug-likeness (QED) is 0.606. The third kappa shape index (κ3) is 2.24. The van der Waals surface area contributed by atoms with Crippen LogP contribution >= 0.6 is 11.8 Å². The van der Waals surface area contributed by atoms with Crippen LogP contribution in [0.4, 0.5) is 11.4 Å². The minimum Gasteiger partial charge on any atom is -0.465 e. The van der Waals surface area contributed by atoms with Gasteiger partial charge in [-0.2, -0.15) is 0 Å². The molecule has 3 N–H and O–H groups in total. The molecule has 0 bridgehead atoms. The molecule has 4 nitrogen and oxygen atoms in total. The van der Waals surface area contributed by atoms with E-state index in [1.54, 1.807) is 0 Å². The zero-order chi connectivity index (χ0) is 11.5. The number of carbonyl (C=O) groups is 1. The average Bonchev–Trinajstić information content (AvgIpc) is 2.28. The van der Waals surface area contributed by atoms with Gasteiger partial charge >= 0.3 is 5.97 Å². The highest BCUT2D eigenvalue weighted by Gasteiger charge is 2.26. The normalized spacial score (nSPS) is 18.4. The second kappa shape index (κ2) is 4.65. The van der Waals surface area contributed by atoms with Crippen molar-refractivity contribution in [1.29, 1.82) is 0 Å². The van der Waals surface area contributed by atoms with Crippen molar-refractivity contribution >= 4 is 29.1 Å². The lowest BCUT2D eigenvalue weighted by Gasteiger charge is -2.24. The van der Waals surface area contributed by atoms with E-state index in [1.807, 2.05) is 25.1 Å². The Kier molecular flexibility index (Phi) is 3.24. The molecule has 0 fully saturated rings. The van der Waals surface area contributed by atoms with Crippen LogP contribution in [0.3, 0.4) is 0 Å². The van der Waals surface area contributed by atoms with Crippen molar-refractivity contribution in [3.05, 3.63) is 18.2 Å². The number of carbonyl (C=O) groups excluding carboxylic acids is 1. The smallest absolute Gasteiger partial charge is 0.321 e. The summed E-state index contributed by atoms with van der Waals surface area (Å²) < 4.78 is 5.00. The molecule has 2 rings (SSSR count). The number of esters is 1. The van der Waals surface area contributed by atoms with Gasteiger partial charge in [-0.25, -0.2) is 0 Å². The molecule has 0 radical (unpaired) electrons. The van der Waals surface area contributed by atoms with Gasteiger partial charge < -0.3 is 15.8 Å². The highest BCUT2D eigenvalue weighted by molar-refractivity contribution is 8.00. The summed E-state index contributed by atoms with van der Waals surface area (Å²) in [5.41, 5.74) is 7.40. The number of fused-ring (bicyclic) bond motifs is 1. The first-order valence-corrected chi connectivity index (χ1v) is 6.05. The first-order chi connectivity index (χ1) is 7.70. The molecule has 86 valence electrons. The Labute approximate surface area is 98.5 Å². The summed E-state index contributed by atoms with van der Waals surface area (Å²) in [5, 5.41) is 3.02. The van der Waals surface area contributed by atoms with Gasteiger partial charge in [-0.1, -0.05) is 0 Å². The summed E-state index contributed by atoms with van der Waals surface area (Å²) >= 11 is 1.52. The van der Waals surface area contributed by atoms with Gasteiger partial charge in [-0.3, -0.25) is 4.79 Å². The summed E-state index contributed by atoms with van der Waals surface area (Å²) in [7, 11) is 0. The summed E-state index contributed by atoms with van der Waals surface area (Å²) in [5.74, 6) is -0.164. The molecule has 0 aliphatic carbocycles. The Morgan fingerprint density at radius 1 is 1.69 bits per heavy atom. The second-order valence-corrected chi connectivity index (χ2v) is 4.74. The molecular weight excluding hydrogens is 224 g/mol. The fourth-order valence-electron chi connectivity index (χ4n) is 1.55. The molecule has 1 aliphatic rings. The number of rotatable bonds is 2. The van der Waals surface area contributed by atoms with Crippen molar-refractivity contribution in [2.45, 2.75) is 17.1 Å². The molecule has 0 aromatic heterocycles. The molecule has 1 heterocycles. The molecule has 0 amide bonds. The molecule has 0 saturated heterocycles. The van der Waals surface area contributed by atoms with E-state index in [1.165, 1.54) is 11.8 Å². The first-order valence-electron chi connectivity index (χ1n) is 5.17. The summed E-state index contributed by atoms with van der Waals surface area (Å²) in [6.45, 7) is 2.82. The Bertz CT molecular complexity index is 409. The fourth-order valence-corrected chi connectivity index (χ4v) is 2.59. The van der Waals surface area contributed by atoms with Crippen LogP contribution in [0.25, 0.3) is 0 Å². The van der Waals surface area contributed by atoms with Gasteiger partial charge in [-0.05, 0) is 25.1 Å². The predicted octanol–water partition coefficient (Wildman–Crippen LogP) is 1.72. The van der Waals surface area contributed by atoms with Crippen molar-refractivity contribution in [3.63, 3.8) is 0 Å². The van der Waals surface area contributed by atoms with Crippen molar-refractivity contribution in [2.24, 2.45) is 0 Å². The van der Waals surface area contributed by atoms with Crippen LogP contribution in [0, 0.1) is 0 Å². The van der Waals surface area contributed by atoms with Crippen LogP contribution in [-0.2, 0) is 9.53 Å². The van der Waals surface area contributed by atoms with Gasteiger partial charge in [0, 0.05) is 22.8 Å². The van der Waals surface area contributed by atoms with Crippen LogP contribution in [0.2, 0.25) is 0 Å². The molecule has 1 aliphatic heterocycles. The molecular formula is C11H14N2O2S. The predicted molar refractivity (Wildman–Crippen MR) is 65.6 cm³/mol. The number of nitrogens with two attached hydrogens (primary N) is 1. The van der Waals surface area contributed by atoms with Gasteiger partial charge in [-0.15, -0.1) is 11.8 Å². The minimum atomic E-state index is -0.170. The van der Waals surface area contributed by atoms with Gasteiger partial charge in [0.05, 0.1) is 6.61 Å². The molecule has 1 aromatic carbocycles. The Morgan fingerprint density at radius 2 is 2.50 bits per heavy atom. The Balaban J connectivity index is 2.12. The highest BCUT2D eigenvalue weighted by atomic mass is 32.2. The maximum Gasteiger partial charge on any atom is 0.321 e. The lowest BCUT2D eigenvalue weighted by atomic mass is 10.2. The van der Waals surface area contributed by atoms with E-state index in [-0.39, 0.29) is 11.2 Å². The van der Waals surface area contributed by atoms with Crippen molar-refractivity contribution < 1.29 is 9.53 Å².